The van der Waals surface area contributed by atoms with Crippen molar-refractivity contribution in [1.29, 1.82) is 0 Å². The van der Waals surface area contributed by atoms with Crippen molar-refractivity contribution in [3.8, 4) is 11.3 Å². The molecule has 1 amide bonds. The smallest absolute Gasteiger partial charge is 0.417 e. The van der Waals surface area contributed by atoms with Gasteiger partial charge in [0, 0.05) is 35.9 Å². The number of anilines is 1. The number of alkyl halides is 3. The number of aromatic nitrogens is 1. The minimum absolute atomic E-state index is 0.0278. The van der Waals surface area contributed by atoms with Crippen LogP contribution in [0.2, 0.25) is 0 Å². The topological polar surface area (TPSA) is 138 Å². The number of carbonyl (C=O) groups is 1. The van der Waals surface area contributed by atoms with Crippen LogP contribution in [0.5, 0.6) is 0 Å². The molecule has 0 bridgehead atoms. The Morgan fingerprint density at radius 2 is 1.52 bits per heavy atom. The molecule has 0 aliphatic carbocycles. The molecule has 0 spiro atoms. The number of benzene rings is 2. The number of methoxy groups -OCH3 is 1. The molecule has 12 nitrogen and oxygen atoms in total. The molecule has 2 N–H and O–H groups in total. The van der Waals surface area contributed by atoms with Gasteiger partial charge in [0.2, 0.25) is 0 Å². The Morgan fingerprint density at radius 3 is 2.15 bits per heavy atom. The molecule has 1 aliphatic heterocycles. The van der Waals surface area contributed by atoms with Crippen molar-refractivity contribution in [2.24, 2.45) is 0 Å². The SMILES string of the molecule is COCCOCCOCCOCCOCCOC(CO)CC1CN(c2ccc3cc(-c4ccccc4C(F)(F)F)[nH]c(=O)c3c2)C(=O)O1. The average Bonchev–Trinajstić information content (AvgIpc) is 3.44. The molecule has 2 unspecified atom stereocenters. The van der Waals surface area contributed by atoms with Gasteiger partial charge in [-0.1, -0.05) is 24.3 Å². The molecule has 1 aromatic heterocycles. The van der Waals surface area contributed by atoms with E-state index in [0.29, 0.717) is 63.9 Å². The number of pyridine rings is 1. The summed E-state index contributed by atoms with van der Waals surface area (Å²) in [7, 11) is 1.61. The van der Waals surface area contributed by atoms with Crippen LogP contribution >= 0.6 is 0 Å². The Balaban J connectivity index is 1.19. The Kier molecular flexibility index (Phi) is 14.6. The molecule has 2 heterocycles. The van der Waals surface area contributed by atoms with Crippen molar-refractivity contribution in [3.05, 3.63) is 64.4 Å². The van der Waals surface area contributed by atoms with Gasteiger partial charge in [0.25, 0.3) is 5.56 Å². The molecule has 264 valence electrons. The lowest BCUT2D eigenvalue weighted by Gasteiger charge is -2.18. The number of amides is 1. The molecule has 0 saturated carbocycles. The first-order chi connectivity index (χ1) is 23.2. The number of H-pyrrole nitrogens is 1. The number of nitrogens with one attached hydrogen (secondary N) is 1. The Hall–Kier alpha value is -3.57. The molecule has 2 atom stereocenters. The van der Waals surface area contributed by atoms with Crippen LogP contribution < -0.4 is 10.5 Å². The first kappa shape index (κ1) is 37.3. The predicted molar refractivity (Wildman–Crippen MR) is 169 cm³/mol. The minimum atomic E-state index is -4.60. The summed E-state index contributed by atoms with van der Waals surface area (Å²) in [5.74, 6) is 0. The van der Waals surface area contributed by atoms with Crippen molar-refractivity contribution < 1.29 is 56.2 Å². The van der Waals surface area contributed by atoms with E-state index in [1.165, 1.54) is 35.2 Å². The second-order valence-electron chi connectivity index (χ2n) is 10.8. The molecule has 1 saturated heterocycles. The fourth-order valence-electron chi connectivity index (χ4n) is 5.05. The zero-order valence-corrected chi connectivity index (χ0v) is 26.7. The molecule has 0 radical (unpaired) electrons. The Morgan fingerprint density at radius 1 is 0.896 bits per heavy atom. The lowest BCUT2D eigenvalue weighted by Crippen LogP contribution is -2.29. The van der Waals surface area contributed by atoms with E-state index in [1.807, 2.05) is 0 Å². The number of cyclic esters (lactones) is 1. The van der Waals surface area contributed by atoms with Gasteiger partial charge >= 0.3 is 12.3 Å². The highest BCUT2D eigenvalue weighted by molar-refractivity contribution is 5.94. The number of hydrogen-bond acceptors (Lipinski definition) is 10. The van der Waals surface area contributed by atoms with Gasteiger partial charge in [-0.25, -0.2) is 4.79 Å². The summed E-state index contributed by atoms with van der Waals surface area (Å²) in [5, 5.41) is 10.4. The number of hydrogen-bond donors (Lipinski definition) is 2. The second-order valence-corrected chi connectivity index (χ2v) is 10.8. The molecule has 2 aromatic carbocycles. The zero-order valence-electron chi connectivity index (χ0n) is 26.7. The summed E-state index contributed by atoms with van der Waals surface area (Å²) in [4.78, 5) is 29.6. The van der Waals surface area contributed by atoms with E-state index in [9.17, 15) is 27.9 Å². The number of carbonyl (C=O) groups excluding carboxylic acids is 1. The highest BCUT2D eigenvalue weighted by Gasteiger charge is 2.35. The minimum Gasteiger partial charge on any atom is -0.444 e. The third-order valence-corrected chi connectivity index (χ3v) is 7.40. The molecule has 4 rings (SSSR count). The first-order valence-electron chi connectivity index (χ1n) is 15.6. The summed E-state index contributed by atoms with van der Waals surface area (Å²) >= 11 is 0. The van der Waals surface area contributed by atoms with Gasteiger partial charge in [-0.15, -0.1) is 0 Å². The van der Waals surface area contributed by atoms with E-state index in [2.05, 4.69) is 4.98 Å². The number of fused-ring (bicyclic) bond motifs is 1. The van der Waals surface area contributed by atoms with Gasteiger partial charge in [0.1, 0.15) is 6.10 Å². The standard InChI is InChI=1S/C33H41F3N2O10/c1-42-8-9-43-10-11-44-12-13-45-14-15-46-16-17-47-26(22-39)20-25-21-38(32(41)48-25)24-7-6-23-18-30(37-31(40)28(23)19-24)27-4-2-3-5-29(27)33(34,35)36/h2-7,18-19,25-26,39H,8-17,20-22H2,1H3,(H,37,40). The Labute approximate surface area is 275 Å². The van der Waals surface area contributed by atoms with Crippen LogP contribution in [0, 0.1) is 0 Å². The van der Waals surface area contributed by atoms with Crippen molar-refractivity contribution in [2.75, 3.05) is 91.2 Å². The molecule has 15 heteroatoms. The fourth-order valence-corrected chi connectivity index (χ4v) is 5.05. The van der Waals surface area contributed by atoms with Crippen LogP contribution in [0.1, 0.15) is 12.0 Å². The monoisotopic (exact) mass is 682 g/mol. The second kappa shape index (κ2) is 18.8. The maximum atomic E-state index is 13.6. The maximum Gasteiger partial charge on any atom is 0.417 e. The number of aliphatic hydroxyl groups excluding tert-OH is 1. The van der Waals surface area contributed by atoms with Crippen molar-refractivity contribution in [3.63, 3.8) is 0 Å². The van der Waals surface area contributed by atoms with Crippen molar-refractivity contribution >= 4 is 22.6 Å². The summed E-state index contributed by atoms with van der Waals surface area (Å²) in [6, 6.07) is 11.1. The molecule has 1 aliphatic rings. The normalized spacial score (nSPS) is 15.7. The third kappa shape index (κ3) is 11.0. The van der Waals surface area contributed by atoms with Crippen LogP contribution in [-0.2, 0) is 39.3 Å². The molecule has 48 heavy (non-hydrogen) atoms. The van der Waals surface area contributed by atoms with E-state index in [-0.39, 0.29) is 49.4 Å². The van der Waals surface area contributed by atoms with E-state index < -0.39 is 35.6 Å². The van der Waals surface area contributed by atoms with Crippen LogP contribution in [0.4, 0.5) is 23.7 Å². The number of ether oxygens (including phenoxy) is 7. The van der Waals surface area contributed by atoms with Gasteiger partial charge < -0.3 is 43.2 Å². The highest BCUT2D eigenvalue weighted by atomic mass is 19.4. The third-order valence-electron chi connectivity index (χ3n) is 7.40. The van der Waals surface area contributed by atoms with Gasteiger partial charge in [-0.3, -0.25) is 9.69 Å². The Bertz CT molecular complexity index is 1500. The number of aliphatic hydroxyl groups is 1. The van der Waals surface area contributed by atoms with E-state index in [1.54, 1.807) is 19.2 Å². The van der Waals surface area contributed by atoms with Gasteiger partial charge in [0.05, 0.1) is 90.9 Å². The average molecular weight is 683 g/mol. The van der Waals surface area contributed by atoms with Crippen LogP contribution in [-0.4, -0.2) is 115 Å². The highest BCUT2D eigenvalue weighted by Crippen LogP contribution is 2.37. The van der Waals surface area contributed by atoms with E-state index in [0.717, 1.165) is 6.07 Å². The van der Waals surface area contributed by atoms with Crippen molar-refractivity contribution in [2.45, 2.75) is 24.8 Å². The molecular formula is C33H41F3N2O10. The number of halogens is 3. The molecular weight excluding hydrogens is 641 g/mol. The van der Waals surface area contributed by atoms with Crippen LogP contribution in [0.25, 0.3) is 22.0 Å². The lowest BCUT2D eigenvalue weighted by molar-refractivity contribution is -0.137. The van der Waals surface area contributed by atoms with Gasteiger partial charge in [-0.05, 0) is 29.7 Å². The maximum absolute atomic E-state index is 13.6. The quantitative estimate of drug-likeness (QED) is 0.159. The fraction of sp³-hybridized carbons (Fsp3) is 0.515. The zero-order chi connectivity index (χ0) is 34.4. The van der Waals surface area contributed by atoms with Crippen molar-refractivity contribution in [1.82, 2.24) is 4.98 Å². The van der Waals surface area contributed by atoms with E-state index >= 15 is 0 Å². The van der Waals surface area contributed by atoms with Crippen LogP contribution in [0.3, 0.4) is 0 Å². The first-order valence-corrected chi connectivity index (χ1v) is 15.6. The summed E-state index contributed by atoms with van der Waals surface area (Å²) < 4.78 is 78.4. The van der Waals surface area contributed by atoms with Gasteiger partial charge in [-0.2, -0.15) is 13.2 Å². The van der Waals surface area contributed by atoms with E-state index in [4.69, 9.17) is 33.2 Å². The predicted octanol–water partition coefficient (Wildman–Crippen LogP) is 4.02. The molecule has 1 fully saturated rings. The largest absolute Gasteiger partial charge is 0.444 e. The number of aromatic amines is 1. The summed E-state index contributed by atoms with van der Waals surface area (Å²) in [6.07, 6.45) is -6.18. The number of nitrogens with zero attached hydrogens (tertiary/aromatic N) is 1. The lowest BCUT2D eigenvalue weighted by atomic mass is 10.0. The molecule has 3 aromatic rings. The number of rotatable bonds is 21. The summed E-state index contributed by atoms with van der Waals surface area (Å²) in [6.45, 7) is 4.02. The summed E-state index contributed by atoms with van der Waals surface area (Å²) in [5.41, 5.74) is -1.19. The van der Waals surface area contributed by atoms with Gasteiger partial charge in [0.15, 0.2) is 0 Å². The van der Waals surface area contributed by atoms with Crippen LogP contribution in [0.15, 0.2) is 53.3 Å².